The van der Waals surface area contributed by atoms with E-state index in [1.54, 1.807) is 12.3 Å². The van der Waals surface area contributed by atoms with E-state index in [-0.39, 0.29) is 5.54 Å². The van der Waals surface area contributed by atoms with E-state index < -0.39 is 0 Å². The second-order valence-electron chi connectivity index (χ2n) is 4.64. The van der Waals surface area contributed by atoms with Crippen molar-refractivity contribution in [2.45, 2.75) is 38.1 Å². The monoisotopic (exact) mass is 236 g/mol. The van der Waals surface area contributed by atoms with Crippen LogP contribution in [0.2, 0.25) is 0 Å². The Kier molecular flexibility index (Phi) is 3.78. The molecule has 1 aromatic heterocycles. The van der Waals surface area contributed by atoms with Crippen LogP contribution >= 0.6 is 0 Å². The van der Waals surface area contributed by atoms with Gasteiger partial charge in [0.15, 0.2) is 0 Å². The highest BCUT2D eigenvalue weighted by Gasteiger charge is 2.32. The maximum Gasteiger partial charge on any atom is 0.226 e. The van der Waals surface area contributed by atoms with Crippen LogP contribution in [-0.4, -0.2) is 28.7 Å². The lowest BCUT2D eigenvalue weighted by Crippen LogP contribution is -2.52. The van der Waals surface area contributed by atoms with Crippen LogP contribution in [0.25, 0.3) is 0 Å². The van der Waals surface area contributed by atoms with Crippen LogP contribution in [0.5, 0.6) is 5.88 Å². The molecule has 1 saturated carbocycles. The average molecular weight is 236 g/mol. The molecule has 0 aromatic carbocycles. The van der Waals surface area contributed by atoms with Gasteiger partial charge in [0.05, 0.1) is 6.61 Å². The molecule has 0 unspecified atom stereocenters. The first-order chi connectivity index (χ1) is 8.22. The molecule has 1 aromatic rings. The zero-order valence-corrected chi connectivity index (χ0v) is 10.3. The Morgan fingerprint density at radius 3 is 3.00 bits per heavy atom. The predicted octanol–water partition coefficient (Wildman–Crippen LogP) is 1.56. The van der Waals surface area contributed by atoms with Crippen LogP contribution < -0.4 is 15.8 Å². The summed E-state index contributed by atoms with van der Waals surface area (Å²) in [6.45, 7) is 3.47. The van der Waals surface area contributed by atoms with Crippen molar-refractivity contribution in [1.29, 1.82) is 0 Å². The average Bonchev–Trinajstić information content (AvgIpc) is 2.32. The van der Waals surface area contributed by atoms with E-state index >= 15 is 0 Å². The van der Waals surface area contributed by atoms with E-state index in [1.165, 1.54) is 6.42 Å². The maximum atomic E-state index is 6.12. The normalized spacial score (nSPS) is 17.3. The van der Waals surface area contributed by atoms with Crippen molar-refractivity contribution in [2.24, 2.45) is 5.73 Å². The molecule has 94 valence electrons. The van der Waals surface area contributed by atoms with Gasteiger partial charge in [0.1, 0.15) is 0 Å². The maximum absolute atomic E-state index is 6.12. The molecule has 1 aliphatic rings. The van der Waals surface area contributed by atoms with Crippen molar-refractivity contribution in [1.82, 2.24) is 9.97 Å². The lowest BCUT2D eigenvalue weighted by Gasteiger charge is -2.38. The summed E-state index contributed by atoms with van der Waals surface area (Å²) in [5.41, 5.74) is 6.05. The number of nitrogens with two attached hydrogens (primary N) is 1. The SMILES string of the molecule is CCCOc1ccnc(NCC2(N)CCC2)n1. The van der Waals surface area contributed by atoms with Crippen molar-refractivity contribution < 1.29 is 4.74 Å². The highest BCUT2D eigenvalue weighted by Crippen LogP contribution is 2.28. The Labute approximate surface area is 102 Å². The molecule has 5 heteroatoms. The largest absolute Gasteiger partial charge is 0.478 e. The summed E-state index contributed by atoms with van der Waals surface area (Å²) < 4.78 is 5.45. The van der Waals surface area contributed by atoms with Gasteiger partial charge in [-0.3, -0.25) is 0 Å². The lowest BCUT2D eigenvalue weighted by atomic mass is 9.78. The molecule has 17 heavy (non-hydrogen) atoms. The molecule has 0 amide bonds. The molecule has 0 aliphatic heterocycles. The Morgan fingerprint density at radius 1 is 1.53 bits per heavy atom. The predicted molar refractivity (Wildman–Crippen MR) is 67.1 cm³/mol. The van der Waals surface area contributed by atoms with Crippen molar-refractivity contribution in [3.8, 4) is 5.88 Å². The van der Waals surface area contributed by atoms with Crippen molar-refractivity contribution in [3.05, 3.63) is 12.3 Å². The number of aromatic nitrogens is 2. The smallest absolute Gasteiger partial charge is 0.226 e. The Morgan fingerprint density at radius 2 is 2.35 bits per heavy atom. The fraction of sp³-hybridized carbons (Fsp3) is 0.667. The molecular formula is C12H20N4O. The van der Waals surface area contributed by atoms with E-state index in [2.05, 4.69) is 22.2 Å². The summed E-state index contributed by atoms with van der Waals surface area (Å²) >= 11 is 0. The molecule has 0 bridgehead atoms. The van der Waals surface area contributed by atoms with Gasteiger partial charge in [-0.1, -0.05) is 6.92 Å². The molecule has 1 heterocycles. The molecule has 1 fully saturated rings. The molecule has 0 radical (unpaired) electrons. The van der Waals surface area contributed by atoms with Gasteiger partial charge in [0.25, 0.3) is 0 Å². The van der Waals surface area contributed by atoms with Crippen LogP contribution in [0, 0.1) is 0 Å². The molecule has 3 N–H and O–H groups in total. The third-order valence-electron chi connectivity index (χ3n) is 3.03. The van der Waals surface area contributed by atoms with E-state index in [9.17, 15) is 0 Å². The summed E-state index contributed by atoms with van der Waals surface area (Å²) in [6.07, 6.45) is 6.04. The first kappa shape index (κ1) is 12.1. The highest BCUT2D eigenvalue weighted by molar-refractivity contribution is 5.28. The zero-order valence-electron chi connectivity index (χ0n) is 10.3. The number of hydrogen-bond acceptors (Lipinski definition) is 5. The van der Waals surface area contributed by atoms with E-state index in [1.807, 2.05) is 0 Å². The second-order valence-corrected chi connectivity index (χ2v) is 4.64. The first-order valence-corrected chi connectivity index (χ1v) is 6.20. The number of nitrogens with zero attached hydrogens (tertiary/aromatic N) is 2. The van der Waals surface area contributed by atoms with Crippen LogP contribution in [0.15, 0.2) is 12.3 Å². The molecule has 5 nitrogen and oxygen atoms in total. The minimum Gasteiger partial charge on any atom is -0.478 e. The number of ether oxygens (including phenoxy) is 1. The fourth-order valence-corrected chi connectivity index (χ4v) is 1.78. The van der Waals surface area contributed by atoms with Crippen LogP contribution in [-0.2, 0) is 0 Å². The number of hydrogen-bond donors (Lipinski definition) is 2. The van der Waals surface area contributed by atoms with E-state index in [0.29, 0.717) is 18.4 Å². The summed E-state index contributed by atoms with van der Waals surface area (Å²) in [5, 5.41) is 3.18. The van der Waals surface area contributed by atoms with Crippen LogP contribution in [0.4, 0.5) is 5.95 Å². The molecular weight excluding hydrogens is 216 g/mol. The van der Waals surface area contributed by atoms with Gasteiger partial charge in [-0.15, -0.1) is 0 Å². The Hall–Kier alpha value is -1.36. The van der Waals surface area contributed by atoms with Gasteiger partial charge in [-0.2, -0.15) is 4.98 Å². The zero-order chi connectivity index (χ0) is 12.1. The third kappa shape index (κ3) is 3.30. The second kappa shape index (κ2) is 5.31. The summed E-state index contributed by atoms with van der Waals surface area (Å²) in [4.78, 5) is 8.42. The molecule has 0 spiro atoms. The van der Waals surface area contributed by atoms with Gasteiger partial charge in [-0.25, -0.2) is 4.98 Å². The van der Waals surface area contributed by atoms with Gasteiger partial charge < -0.3 is 15.8 Å². The minimum atomic E-state index is -0.0658. The summed E-state index contributed by atoms with van der Waals surface area (Å²) in [5.74, 6) is 1.21. The summed E-state index contributed by atoms with van der Waals surface area (Å²) in [6, 6.07) is 1.77. The van der Waals surface area contributed by atoms with E-state index in [4.69, 9.17) is 10.5 Å². The van der Waals surface area contributed by atoms with Gasteiger partial charge in [0.2, 0.25) is 11.8 Å². The van der Waals surface area contributed by atoms with Crippen LogP contribution in [0.3, 0.4) is 0 Å². The van der Waals surface area contributed by atoms with E-state index in [0.717, 1.165) is 25.8 Å². The quantitative estimate of drug-likeness (QED) is 0.784. The van der Waals surface area contributed by atoms with Crippen molar-refractivity contribution in [3.63, 3.8) is 0 Å². The third-order valence-corrected chi connectivity index (χ3v) is 3.03. The molecule has 2 rings (SSSR count). The minimum absolute atomic E-state index is 0.0658. The van der Waals surface area contributed by atoms with Crippen molar-refractivity contribution >= 4 is 5.95 Å². The number of anilines is 1. The van der Waals surface area contributed by atoms with Gasteiger partial charge in [0, 0.05) is 24.3 Å². The fourth-order valence-electron chi connectivity index (χ4n) is 1.78. The number of nitrogens with one attached hydrogen (secondary N) is 1. The first-order valence-electron chi connectivity index (χ1n) is 6.20. The summed E-state index contributed by atoms with van der Waals surface area (Å²) in [7, 11) is 0. The molecule has 1 aliphatic carbocycles. The van der Waals surface area contributed by atoms with Gasteiger partial charge >= 0.3 is 0 Å². The van der Waals surface area contributed by atoms with Gasteiger partial charge in [-0.05, 0) is 25.7 Å². The standard InChI is InChI=1S/C12H20N4O/c1-2-8-17-10-4-7-14-11(16-10)15-9-12(13)5-3-6-12/h4,7H,2-3,5-6,8-9,13H2,1H3,(H,14,15,16). The van der Waals surface area contributed by atoms with Crippen molar-refractivity contribution in [2.75, 3.05) is 18.5 Å². The Balaban J connectivity index is 1.87. The molecule has 0 saturated heterocycles. The van der Waals surface area contributed by atoms with Crippen LogP contribution in [0.1, 0.15) is 32.6 Å². The molecule has 0 atom stereocenters. The highest BCUT2D eigenvalue weighted by atomic mass is 16.5. The lowest BCUT2D eigenvalue weighted by molar-refractivity contribution is 0.264. The topological polar surface area (TPSA) is 73.1 Å². The number of rotatable bonds is 6. The Bertz CT molecular complexity index is 365.